The molecule has 0 saturated heterocycles. The second-order valence-electron chi connectivity index (χ2n) is 6.37. The molecule has 0 bridgehead atoms. The first kappa shape index (κ1) is 23.5. The second kappa shape index (κ2) is 9.95. The van der Waals surface area contributed by atoms with E-state index in [1.165, 1.54) is 17.6 Å². The fourth-order valence-electron chi connectivity index (χ4n) is 2.69. The molecule has 0 aliphatic rings. The number of rotatable bonds is 6. The summed E-state index contributed by atoms with van der Waals surface area (Å²) >= 11 is 19.0. The molecule has 160 valence electrons. The third kappa shape index (κ3) is 5.54. The Labute approximate surface area is 204 Å². The van der Waals surface area contributed by atoms with E-state index in [0.717, 1.165) is 0 Å². The van der Waals surface area contributed by atoms with Gasteiger partial charge in [-0.15, -0.1) is 0 Å². The fourth-order valence-corrected chi connectivity index (χ4v) is 4.24. The number of carbonyl (C=O) groups is 3. The number of halogens is 4. The fraction of sp³-hybridized carbons (Fsp3) is 0.100. The van der Waals surface area contributed by atoms with Gasteiger partial charge < -0.3 is 10.6 Å². The lowest BCUT2D eigenvalue weighted by molar-refractivity contribution is -0.116. The number of nitrogens with zero attached hydrogens (tertiary/aromatic N) is 2. The quantitative estimate of drug-likeness (QED) is 0.410. The van der Waals surface area contributed by atoms with Gasteiger partial charge in [-0.25, -0.2) is 4.98 Å². The van der Waals surface area contributed by atoms with Crippen molar-refractivity contribution in [1.82, 2.24) is 14.9 Å². The summed E-state index contributed by atoms with van der Waals surface area (Å²) in [6.45, 7) is 1.20. The highest BCUT2D eigenvalue weighted by atomic mass is 79.9. The number of nitrogens with one attached hydrogen (secondary N) is 2. The third-order valence-electron chi connectivity index (χ3n) is 4.02. The van der Waals surface area contributed by atoms with Crippen molar-refractivity contribution in [3.05, 3.63) is 73.0 Å². The van der Waals surface area contributed by atoms with Gasteiger partial charge in [0.05, 0.1) is 22.8 Å². The number of Topliss-reactive ketones (excluding diaryl/α,β-unsaturated/α-hetero) is 1. The van der Waals surface area contributed by atoms with E-state index in [2.05, 4.69) is 47.5 Å². The highest BCUT2D eigenvalue weighted by Gasteiger charge is 2.22. The number of aromatic nitrogens is 2. The minimum atomic E-state index is -0.557. The van der Waals surface area contributed by atoms with Gasteiger partial charge in [0.1, 0.15) is 11.5 Å². The van der Waals surface area contributed by atoms with Crippen LogP contribution in [0.1, 0.15) is 27.8 Å². The summed E-state index contributed by atoms with van der Waals surface area (Å²) in [5, 5.41) is 5.87. The van der Waals surface area contributed by atoms with Crippen LogP contribution in [-0.2, 0) is 4.79 Å². The molecular weight excluding hydrogens is 575 g/mol. The maximum absolute atomic E-state index is 13.1. The Kier molecular flexibility index (Phi) is 7.53. The zero-order valence-corrected chi connectivity index (χ0v) is 20.6. The van der Waals surface area contributed by atoms with Crippen LogP contribution in [0.5, 0.6) is 0 Å². The average molecular weight is 589 g/mol. The minimum absolute atomic E-state index is 0.0991. The smallest absolute Gasteiger partial charge is 0.272 e. The molecule has 0 atom stereocenters. The third-order valence-corrected chi connectivity index (χ3v) is 5.59. The van der Waals surface area contributed by atoms with Crippen molar-refractivity contribution in [3.8, 4) is 5.82 Å². The van der Waals surface area contributed by atoms with Crippen molar-refractivity contribution in [2.45, 2.75) is 6.92 Å². The molecule has 1 aromatic carbocycles. The van der Waals surface area contributed by atoms with Crippen molar-refractivity contribution in [1.29, 1.82) is 0 Å². The predicted octanol–water partition coefficient (Wildman–Crippen LogP) is 5.28. The van der Waals surface area contributed by atoms with Crippen molar-refractivity contribution in [2.24, 2.45) is 0 Å². The Hall–Kier alpha value is -2.20. The number of ketones is 1. The van der Waals surface area contributed by atoms with E-state index in [1.807, 2.05) is 0 Å². The molecule has 0 aliphatic carbocycles. The molecular formula is C20H14Br2Cl2N4O3. The number of hydrogen-bond donors (Lipinski definition) is 2. The van der Waals surface area contributed by atoms with Crippen LogP contribution >= 0.6 is 55.1 Å². The zero-order valence-electron chi connectivity index (χ0n) is 15.9. The summed E-state index contributed by atoms with van der Waals surface area (Å²) in [5.74, 6) is -0.918. The number of pyridine rings is 1. The Balaban J connectivity index is 1.99. The van der Waals surface area contributed by atoms with Crippen LogP contribution < -0.4 is 10.6 Å². The van der Waals surface area contributed by atoms with Gasteiger partial charge in [0.25, 0.3) is 11.8 Å². The van der Waals surface area contributed by atoms with Gasteiger partial charge in [-0.05, 0) is 69.1 Å². The number of benzene rings is 1. The van der Waals surface area contributed by atoms with E-state index in [4.69, 9.17) is 23.2 Å². The van der Waals surface area contributed by atoms with Crippen molar-refractivity contribution < 1.29 is 14.4 Å². The molecule has 0 unspecified atom stereocenters. The van der Waals surface area contributed by atoms with E-state index in [9.17, 15) is 14.4 Å². The summed E-state index contributed by atoms with van der Waals surface area (Å²) in [7, 11) is 0. The van der Waals surface area contributed by atoms with E-state index in [1.54, 1.807) is 36.7 Å². The lowest BCUT2D eigenvalue weighted by Gasteiger charge is -2.15. The molecule has 0 saturated carbocycles. The van der Waals surface area contributed by atoms with E-state index >= 15 is 0 Å². The van der Waals surface area contributed by atoms with Crippen LogP contribution in [0.15, 0.2) is 51.7 Å². The van der Waals surface area contributed by atoms with E-state index in [0.29, 0.717) is 19.8 Å². The molecule has 3 aromatic rings. The Bertz CT molecular complexity index is 1200. The topological polar surface area (TPSA) is 93.1 Å². The molecule has 31 heavy (non-hydrogen) atoms. The molecule has 0 fully saturated rings. The molecule has 2 N–H and O–H groups in total. The molecule has 2 aromatic heterocycles. The first-order valence-corrected chi connectivity index (χ1v) is 11.1. The monoisotopic (exact) mass is 586 g/mol. The molecule has 0 radical (unpaired) electrons. The van der Waals surface area contributed by atoms with Crippen LogP contribution in [0.2, 0.25) is 10.0 Å². The molecule has 0 spiro atoms. The first-order valence-electron chi connectivity index (χ1n) is 8.74. The second-order valence-corrected chi connectivity index (χ2v) is 8.99. The summed E-state index contributed by atoms with van der Waals surface area (Å²) in [6, 6.07) is 7.89. The van der Waals surface area contributed by atoms with Crippen molar-refractivity contribution >= 4 is 78.3 Å². The molecule has 0 aliphatic heterocycles. The zero-order chi connectivity index (χ0) is 22.7. The molecule has 2 heterocycles. The summed E-state index contributed by atoms with van der Waals surface area (Å²) in [4.78, 5) is 41.2. The van der Waals surface area contributed by atoms with Gasteiger partial charge in [-0.3, -0.25) is 19.0 Å². The van der Waals surface area contributed by atoms with Gasteiger partial charge in [-0.1, -0.05) is 23.2 Å². The lowest BCUT2D eigenvalue weighted by atomic mass is 10.1. The van der Waals surface area contributed by atoms with Crippen LogP contribution in [0.3, 0.4) is 0 Å². The Morgan fingerprint density at radius 1 is 1.13 bits per heavy atom. The van der Waals surface area contributed by atoms with Crippen LogP contribution in [0.4, 0.5) is 5.69 Å². The highest BCUT2D eigenvalue weighted by Crippen LogP contribution is 2.32. The number of anilines is 1. The molecule has 2 amide bonds. The van der Waals surface area contributed by atoms with Gasteiger partial charge in [0, 0.05) is 26.4 Å². The van der Waals surface area contributed by atoms with Crippen LogP contribution in [-0.4, -0.2) is 33.7 Å². The normalized spacial score (nSPS) is 10.6. The van der Waals surface area contributed by atoms with E-state index < -0.39 is 11.8 Å². The van der Waals surface area contributed by atoms with Gasteiger partial charge in [0.2, 0.25) is 0 Å². The molecule has 7 nitrogen and oxygen atoms in total. The minimum Gasteiger partial charge on any atom is -0.345 e. The molecule has 3 rings (SSSR count). The predicted molar refractivity (Wildman–Crippen MR) is 126 cm³/mol. The van der Waals surface area contributed by atoms with Gasteiger partial charge >= 0.3 is 0 Å². The first-order chi connectivity index (χ1) is 14.7. The standard InChI is InChI=1S/C20H14Br2Cl2N4O3/c1-10(29)8-26-19(30)13-6-12(23)7-14(22)17(13)27-20(31)16-5-11(21)9-28(16)18-15(24)3-2-4-25-18/h2-7,9H,8H2,1H3,(H,26,30)(H,27,31). The number of carbonyl (C=O) groups excluding carboxylic acids is 3. The lowest BCUT2D eigenvalue weighted by Crippen LogP contribution is -2.29. The SMILES string of the molecule is CC(=O)CNC(=O)c1cc(Cl)cc(Br)c1NC(=O)c1cc(Br)cn1-c1ncccc1Cl. The Morgan fingerprint density at radius 3 is 2.55 bits per heavy atom. The summed E-state index contributed by atoms with van der Waals surface area (Å²) < 4.78 is 2.56. The largest absolute Gasteiger partial charge is 0.345 e. The maximum Gasteiger partial charge on any atom is 0.272 e. The van der Waals surface area contributed by atoms with Crippen LogP contribution in [0.25, 0.3) is 5.82 Å². The average Bonchev–Trinajstić information content (AvgIpc) is 3.09. The summed E-state index contributed by atoms with van der Waals surface area (Å²) in [5.41, 5.74) is 0.526. The highest BCUT2D eigenvalue weighted by molar-refractivity contribution is 9.10. The van der Waals surface area contributed by atoms with E-state index in [-0.39, 0.29) is 34.3 Å². The van der Waals surface area contributed by atoms with Crippen molar-refractivity contribution in [2.75, 3.05) is 11.9 Å². The molecule has 11 heteroatoms. The van der Waals surface area contributed by atoms with Crippen LogP contribution in [0, 0.1) is 0 Å². The van der Waals surface area contributed by atoms with Crippen molar-refractivity contribution in [3.63, 3.8) is 0 Å². The Morgan fingerprint density at radius 2 is 1.87 bits per heavy atom. The van der Waals surface area contributed by atoms with Gasteiger partial charge in [0.15, 0.2) is 5.82 Å². The summed E-state index contributed by atoms with van der Waals surface area (Å²) in [6.07, 6.45) is 3.21. The van der Waals surface area contributed by atoms with Gasteiger partial charge in [-0.2, -0.15) is 0 Å². The maximum atomic E-state index is 13.1. The number of amides is 2. The number of hydrogen-bond acceptors (Lipinski definition) is 4.